The highest BCUT2D eigenvalue weighted by Crippen LogP contribution is 2.26. The van der Waals surface area contributed by atoms with Crippen molar-refractivity contribution in [2.45, 2.75) is 6.54 Å². The van der Waals surface area contributed by atoms with Crippen LogP contribution in [0.2, 0.25) is 0 Å². The summed E-state index contributed by atoms with van der Waals surface area (Å²) in [6.07, 6.45) is 2.79. The summed E-state index contributed by atoms with van der Waals surface area (Å²) < 4.78 is 8.49. The van der Waals surface area contributed by atoms with Gasteiger partial charge in [-0.1, -0.05) is 34.1 Å². The molecule has 0 N–H and O–H groups in total. The summed E-state index contributed by atoms with van der Waals surface area (Å²) in [6.45, 7) is 0.650. The fourth-order valence-corrected chi connectivity index (χ4v) is 2.96. The van der Waals surface area contributed by atoms with Crippen molar-refractivity contribution in [2.75, 3.05) is 7.11 Å². The molecule has 0 fully saturated rings. The summed E-state index contributed by atoms with van der Waals surface area (Å²) in [6, 6.07) is 13.8. The number of benzene rings is 2. The van der Waals surface area contributed by atoms with E-state index >= 15 is 0 Å². The minimum Gasteiger partial charge on any atom is -0.496 e. The van der Waals surface area contributed by atoms with Gasteiger partial charge in [0.05, 0.1) is 13.7 Å². The second-order valence-electron chi connectivity index (χ2n) is 4.80. The lowest BCUT2D eigenvalue weighted by Crippen LogP contribution is -2.00. The van der Waals surface area contributed by atoms with E-state index in [0.717, 1.165) is 33.0 Å². The standard InChI is InChI=1S/C17H14BrNO2/c1-21-17-7-6-14(18)8-12(17)9-19-10-13(11-20)15-4-2-3-5-16(15)19/h2-8,10-11H,9H2,1H3. The van der Waals surface area contributed by atoms with Gasteiger partial charge >= 0.3 is 0 Å². The molecule has 0 amide bonds. The van der Waals surface area contributed by atoms with Crippen LogP contribution in [0.1, 0.15) is 15.9 Å². The smallest absolute Gasteiger partial charge is 0.152 e. The highest BCUT2D eigenvalue weighted by molar-refractivity contribution is 9.10. The van der Waals surface area contributed by atoms with Crippen LogP contribution >= 0.6 is 15.9 Å². The lowest BCUT2D eigenvalue weighted by molar-refractivity contribution is 0.112. The molecule has 0 unspecified atom stereocenters. The van der Waals surface area contributed by atoms with Gasteiger partial charge in [-0.3, -0.25) is 4.79 Å². The maximum absolute atomic E-state index is 11.2. The number of para-hydroxylation sites is 1. The molecule has 0 saturated carbocycles. The van der Waals surface area contributed by atoms with Gasteiger partial charge in [0.15, 0.2) is 6.29 Å². The lowest BCUT2D eigenvalue weighted by Gasteiger charge is -2.11. The first kappa shape index (κ1) is 13.9. The Morgan fingerprint density at radius 1 is 1.24 bits per heavy atom. The maximum Gasteiger partial charge on any atom is 0.152 e. The van der Waals surface area contributed by atoms with Crippen molar-refractivity contribution in [2.24, 2.45) is 0 Å². The number of aromatic nitrogens is 1. The van der Waals surface area contributed by atoms with Gasteiger partial charge in [0.2, 0.25) is 0 Å². The average Bonchev–Trinajstić information content (AvgIpc) is 2.86. The van der Waals surface area contributed by atoms with Gasteiger partial charge in [-0.05, 0) is 24.3 Å². The molecule has 0 atom stereocenters. The molecular formula is C17H14BrNO2. The largest absolute Gasteiger partial charge is 0.496 e. The maximum atomic E-state index is 11.2. The molecule has 0 aliphatic carbocycles. The second-order valence-corrected chi connectivity index (χ2v) is 5.72. The lowest BCUT2D eigenvalue weighted by atomic mass is 10.2. The van der Waals surface area contributed by atoms with Crippen molar-refractivity contribution >= 4 is 33.1 Å². The molecule has 0 saturated heterocycles. The Hall–Kier alpha value is -2.07. The minimum absolute atomic E-state index is 0.650. The molecule has 3 nitrogen and oxygen atoms in total. The Morgan fingerprint density at radius 2 is 2.05 bits per heavy atom. The fourth-order valence-electron chi connectivity index (χ4n) is 2.55. The predicted octanol–water partition coefficient (Wildman–Crippen LogP) is 4.27. The molecule has 1 heterocycles. The topological polar surface area (TPSA) is 31.2 Å². The highest BCUT2D eigenvalue weighted by Gasteiger charge is 2.10. The summed E-state index contributed by atoms with van der Waals surface area (Å²) >= 11 is 3.49. The Labute approximate surface area is 131 Å². The van der Waals surface area contributed by atoms with Crippen molar-refractivity contribution in [1.82, 2.24) is 4.57 Å². The SMILES string of the molecule is COc1ccc(Br)cc1Cn1cc(C=O)c2ccccc21. The number of hydrogen-bond acceptors (Lipinski definition) is 2. The quantitative estimate of drug-likeness (QED) is 0.662. The third-order valence-electron chi connectivity index (χ3n) is 3.53. The number of halogens is 1. The van der Waals surface area contributed by atoms with E-state index in [-0.39, 0.29) is 0 Å². The summed E-state index contributed by atoms with van der Waals surface area (Å²) in [7, 11) is 1.66. The summed E-state index contributed by atoms with van der Waals surface area (Å²) in [5.74, 6) is 0.837. The molecule has 0 aliphatic heterocycles. The third kappa shape index (κ3) is 2.59. The molecule has 106 valence electrons. The first-order chi connectivity index (χ1) is 10.2. The van der Waals surface area contributed by atoms with E-state index in [1.165, 1.54) is 0 Å². The first-order valence-electron chi connectivity index (χ1n) is 6.58. The van der Waals surface area contributed by atoms with E-state index in [9.17, 15) is 4.79 Å². The van der Waals surface area contributed by atoms with Crippen LogP contribution in [0.5, 0.6) is 5.75 Å². The molecule has 3 rings (SSSR count). The highest BCUT2D eigenvalue weighted by atomic mass is 79.9. The van der Waals surface area contributed by atoms with Crippen LogP contribution in [0, 0.1) is 0 Å². The zero-order valence-electron chi connectivity index (χ0n) is 11.5. The second kappa shape index (κ2) is 5.74. The fraction of sp³-hybridized carbons (Fsp3) is 0.118. The molecular weight excluding hydrogens is 330 g/mol. The van der Waals surface area contributed by atoms with E-state index in [4.69, 9.17) is 4.74 Å². The van der Waals surface area contributed by atoms with E-state index in [1.54, 1.807) is 7.11 Å². The van der Waals surface area contributed by atoms with Gasteiger partial charge < -0.3 is 9.30 Å². The molecule has 2 aromatic carbocycles. The van der Waals surface area contributed by atoms with Gasteiger partial charge in [0.1, 0.15) is 5.75 Å². The van der Waals surface area contributed by atoms with Crippen LogP contribution in [-0.4, -0.2) is 18.0 Å². The Morgan fingerprint density at radius 3 is 2.81 bits per heavy atom. The van der Waals surface area contributed by atoms with Crippen LogP contribution in [-0.2, 0) is 6.54 Å². The first-order valence-corrected chi connectivity index (χ1v) is 7.37. The van der Waals surface area contributed by atoms with E-state index in [0.29, 0.717) is 12.1 Å². The summed E-state index contributed by atoms with van der Waals surface area (Å²) in [4.78, 5) is 11.2. The molecule has 4 heteroatoms. The number of methoxy groups -OCH3 is 1. The van der Waals surface area contributed by atoms with Gasteiger partial charge in [-0.2, -0.15) is 0 Å². The van der Waals surface area contributed by atoms with Gasteiger partial charge in [0.25, 0.3) is 0 Å². The van der Waals surface area contributed by atoms with Crippen molar-refractivity contribution in [3.8, 4) is 5.75 Å². The van der Waals surface area contributed by atoms with Crippen molar-refractivity contribution in [3.05, 3.63) is 64.3 Å². The number of fused-ring (bicyclic) bond motifs is 1. The van der Waals surface area contributed by atoms with Crippen LogP contribution in [0.3, 0.4) is 0 Å². The zero-order chi connectivity index (χ0) is 14.8. The van der Waals surface area contributed by atoms with Gasteiger partial charge in [-0.15, -0.1) is 0 Å². The predicted molar refractivity (Wildman–Crippen MR) is 87.1 cm³/mol. The number of aldehydes is 1. The number of hydrogen-bond donors (Lipinski definition) is 0. The van der Waals surface area contributed by atoms with E-state index in [2.05, 4.69) is 20.5 Å². The van der Waals surface area contributed by atoms with Crippen LogP contribution in [0.25, 0.3) is 10.9 Å². The number of rotatable bonds is 4. The molecule has 3 aromatic rings. The Kier molecular flexibility index (Phi) is 3.80. The molecule has 0 aliphatic rings. The number of nitrogens with zero attached hydrogens (tertiary/aromatic N) is 1. The molecule has 1 aromatic heterocycles. The van der Waals surface area contributed by atoms with E-state index < -0.39 is 0 Å². The summed E-state index contributed by atoms with van der Waals surface area (Å²) in [5, 5.41) is 0.974. The van der Waals surface area contributed by atoms with Crippen LogP contribution in [0.15, 0.2) is 53.1 Å². The van der Waals surface area contributed by atoms with E-state index in [1.807, 2.05) is 48.7 Å². The third-order valence-corrected chi connectivity index (χ3v) is 4.02. The van der Waals surface area contributed by atoms with Gasteiger partial charge in [0, 0.05) is 32.7 Å². The number of carbonyl (C=O) groups is 1. The normalized spacial score (nSPS) is 10.8. The monoisotopic (exact) mass is 343 g/mol. The van der Waals surface area contributed by atoms with Crippen molar-refractivity contribution < 1.29 is 9.53 Å². The number of ether oxygens (including phenoxy) is 1. The Balaban J connectivity index is 2.10. The number of carbonyl (C=O) groups excluding carboxylic acids is 1. The van der Waals surface area contributed by atoms with Crippen molar-refractivity contribution in [1.29, 1.82) is 0 Å². The van der Waals surface area contributed by atoms with Crippen molar-refractivity contribution in [3.63, 3.8) is 0 Å². The van der Waals surface area contributed by atoms with Crippen LogP contribution in [0.4, 0.5) is 0 Å². The zero-order valence-corrected chi connectivity index (χ0v) is 13.1. The van der Waals surface area contributed by atoms with Gasteiger partial charge in [-0.25, -0.2) is 0 Å². The Bertz CT molecular complexity index is 808. The molecule has 21 heavy (non-hydrogen) atoms. The van der Waals surface area contributed by atoms with Crippen LogP contribution < -0.4 is 4.74 Å². The molecule has 0 radical (unpaired) electrons. The minimum atomic E-state index is 0.650. The molecule has 0 bridgehead atoms. The average molecular weight is 344 g/mol. The molecule has 0 spiro atoms. The summed E-state index contributed by atoms with van der Waals surface area (Å²) in [5.41, 5.74) is 2.81.